The molecule has 4 heteroatoms. The number of aryl methyl sites for hydroxylation is 1. The second kappa shape index (κ2) is 6.06. The van der Waals surface area contributed by atoms with Crippen molar-refractivity contribution in [2.24, 2.45) is 5.73 Å². The molecular weight excluding hydrogens is 240 g/mol. The number of benzene rings is 1. The first-order valence-corrected chi connectivity index (χ1v) is 6.52. The lowest BCUT2D eigenvalue weighted by Crippen LogP contribution is -2.49. The molecule has 0 unspecified atom stereocenters. The van der Waals surface area contributed by atoms with E-state index in [2.05, 4.69) is 0 Å². The molecule has 0 saturated carbocycles. The summed E-state index contributed by atoms with van der Waals surface area (Å²) in [6, 6.07) is 5.96. The van der Waals surface area contributed by atoms with Crippen molar-refractivity contribution in [3.8, 4) is 5.75 Å². The molecule has 19 heavy (non-hydrogen) atoms. The fraction of sp³-hybridized carbons (Fsp3) is 0.533. The molecule has 0 aromatic heterocycles. The number of nitrogens with zero attached hydrogens (tertiary/aromatic N) is 1. The molecule has 1 aromatic rings. The molecule has 0 aliphatic heterocycles. The topological polar surface area (TPSA) is 55.6 Å². The Morgan fingerprint density at radius 2 is 2.05 bits per heavy atom. The highest BCUT2D eigenvalue weighted by molar-refractivity contribution is 5.84. The highest BCUT2D eigenvalue weighted by Crippen LogP contribution is 2.20. The maximum absolute atomic E-state index is 12.0. The number of carbonyl (C=O) groups excluding carboxylic acids is 1. The van der Waals surface area contributed by atoms with E-state index >= 15 is 0 Å². The van der Waals surface area contributed by atoms with E-state index in [9.17, 15) is 4.79 Å². The van der Waals surface area contributed by atoms with E-state index < -0.39 is 5.54 Å². The molecule has 0 atom stereocenters. The molecule has 1 aromatic carbocycles. The maximum Gasteiger partial charge on any atom is 0.242 e. The number of carbonyl (C=O) groups is 1. The van der Waals surface area contributed by atoms with Crippen molar-refractivity contribution in [2.45, 2.75) is 39.8 Å². The standard InChI is InChI=1S/C15H24N2O2/c1-6-19-13-8-7-12(9-11(13)2)10-17(5)14(18)15(3,4)16/h7-9H,6,10,16H2,1-5H3. The van der Waals surface area contributed by atoms with E-state index in [1.54, 1.807) is 25.8 Å². The van der Waals surface area contributed by atoms with Gasteiger partial charge in [-0.15, -0.1) is 0 Å². The van der Waals surface area contributed by atoms with Gasteiger partial charge in [-0.05, 0) is 44.9 Å². The molecule has 0 fully saturated rings. The van der Waals surface area contributed by atoms with Crippen LogP contribution in [0, 0.1) is 6.92 Å². The van der Waals surface area contributed by atoms with E-state index in [4.69, 9.17) is 10.5 Å². The fourth-order valence-corrected chi connectivity index (χ4v) is 1.96. The predicted molar refractivity (Wildman–Crippen MR) is 77.1 cm³/mol. The van der Waals surface area contributed by atoms with Gasteiger partial charge in [0.15, 0.2) is 0 Å². The smallest absolute Gasteiger partial charge is 0.242 e. The van der Waals surface area contributed by atoms with E-state index in [1.807, 2.05) is 32.0 Å². The number of hydrogen-bond donors (Lipinski definition) is 1. The molecule has 106 valence electrons. The van der Waals surface area contributed by atoms with E-state index in [0.717, 1.165) is 16.9 Å². The summed E-state index contributed by atoms with van der Waals surface area (Å²) in [5.41, 5.74) is 7.12. The molecule has 0 aliphatic rings. The van der Waals surface area contributed by atoms with Gasteiger partial charge in [0, 0.05) is 13.6 Å². The van der Waals surface area contributed by atoms with Gasteiger partial charge in [-0.1, -0.05) is 12.1 Å². The summed E-state index contributed by atoms with van der Waals surface area (Å²) in [5.74, 6) is 0.818. The first kappa shape index (κ1) is 15.5. The van der Waals surface area contributed by atoms with Crippen molar-refractivity contribution in [2.75, 3.05) is 13.7 Å². The lowest BCUT2D eigenvalue weighted by molar-refractivity contribution is -0.134. The van der Waals surface area contributed by atoms with Gasteiger partial charge in [0.1, 0.15) is 5.75 Å². The lowest BCUT2D eigenvalue weighted by atomic mass is 10.0. The third-order valence-corrected chi connectivity index (χ3v) is 2.86. The molecule has 2 N–H and O–H groups in total. The van der Waals surface area contributed by atoms with Gasteiger partial charge in [-0.25, -0.2) is 0 Å². The van der Waals surface area contributed by atoms with Crippen molar-refractivity contribution < 1.29 is 9.53 Å². The Labute approximate surface area is 115 Å². The minimum absolute atomic E-state index is 0.0703. The van der Waals surface area contributed by atoms with Crippen LogP contribution in [0.2, 0.25) is 0 Å². The van der Waals surface area contributed by atoms with Gasteiger partial charge in [0.05, 0.1) is 12.1 Å². The number of nitrogens with two attached hydrogens (primary N) is 1. The quantitative estimate of drug-likeness (QED) is 0.886. The van der Waals surface area contributed by atoms with Crippen LogP contribution in [0.3, 0.4) is 0 Å². The highest BCUT2D eigenvalue weighted by Gasteiger charge is 2.25. The lowest BCUT2D eigenvalue weighted by Gasteiger charge is -2.26. The van der Waals surface area contributed by atoms with Crippen molar-refractivity contribution in [3.63, 3.8) is 0 Å². The van der Waals surface area contributed by atoms with Crippen LogP contribution in [0.5, 0.6) is 5.75 Å². The minimum atomic E-state index is -0.838. The molecule has 4 nitrogen and oxygen atoms in total. The monoisotopic (exact) mass is 264 g/mol. The molecule has 0 aliphatic carbocycles. The fourth-order valence-electron chi connectivity index (χ4n) is 1.96. The Balaban J connectivity index is 2.78. The summed E-state index contributed by atoms with van der Waals surface area (Å²) in [5, 5.41) is 0. The number of amides is 1. The molecule has 0 spiro atoms. The zero-order chi connectivity index (χ0) is 14.6. The number of ether oxygens (including phenoxy) is 1. The Morgan fingerprint density at radius 3 is 2.53 bits per heavy atom. The van der Waals surface area contributed by atoms with Gasteiger partial charge in [-0.3, -0.25) is 4.79 Å². The van der Waals surface area contributed by atoms with E-state index in [1.165, 1.54) is 0 Å². The van der Waals surface area contributed by atoms with Crippen molar-refractivity contribution in [1.82, 2.24) is 4.90 Å². The SMILES string of the molecule is CCOc1ccc(CN(C)C(=O)C(C)(C)N)cc1C. The zero-order valence-corrected chi connectivity index (χ0v) is 12.5. The van der Waals surface area contributed by atoms with Gasteiger partial charge in [-0.2, -0.15) is 0 Å². The first-order valence-electron chi connectivity index (χ1n) is 6.52. The van der Waals surface area contributed by atoms with Crippen LogP contribution in [0.25, 0.3) is 0 Å². The Bertz CT molecular complexity index is 450. The van der Waals surface area contributed by atoms with Crippen LogP contribution >= 0.6 is 0 Å². The summed E-state index contributed by atoms with van der Waals surface area (Å²) < 4.78 is 5.50. The summed E-state index contributed by atoms with van der Waals surface area (Å²) in [6.45, 7) is 8.60. The summed E-state index contributed by atoms with van der Waals surface area (Å²) in [7, 11) is 1.77. The predicted octanol–water partition coefficient (Wildman–Crippen LogP) is 2.09. The second-order valence-electron chi connectivity index (χ2n) is 5.42. The molecule has 1 rings (SSSR count). The Morgan fingerprint density at radius 1 is 1.42 bits per heavy atom. The van der Waals surface area contributed by atoms with Gasteiger partial charge < -0.3 is 15.4 Å². The number of rotatable bonds is 5. The van der Waals surface area contributed by atoms with Crippen LogP contribution in [-0.4, -0.2) is 30.0 Å². The van der Waals surface area contributed by atoms with Gasteiger partial charge in [0.2, 0.25) is 5.91 Å². The molecular formula is C15H24N2O2. The van der Waals surface area contributed by atoms with E-state index in [-0.39, 0.29) is 5.91 Å². The third kappa shape index (κ3) is 4.24. The molecule has 0 bridgehead atoms. The van der Waals surface area contributed by atoms with Crippen molar-refractivity contribution in [3.05, 3.63) is 29.3 Å². The molecule has 0 radical (unpaired) electrons. The van der Waals surface area contributed by atoms with Crippen LogP contribution in [0.4, 0.5) is 0 Å². The van der Waals surface area contributed by atoms with Crippen molar-refractivity contribution in [1.29, 1.82) is 0 Å². The van der Waals surface area contributed by atoms with Crippen LogP contribution in [-0.2, 0) is 11.3 Å². The second-order valence-corrected chi connectivity index (χ2v) is 5.42. The van der Waals surface area contributed by atoms with Crippen LogP contribution < -0.4 is 10.5 Å². The van der Waals surface area contributed by atoms with Crippen LogP contribution in [0.15, 0.2) is 18.2 Å². The Kier molecular flexibility index (Phi) is 4.95. The normalized spacial score (nSPS) is 11.3. The molecule has 0 saturated heterocycles. The van der Waals surface area contributed by atoms with Gasteiger partial charge >= 0.3 is 0 Å². The molecule has 0 heterocycles. The van der Waals surface area contributed by atoms with Gasteiger partial charge in [0.25, 0.3) is 0 Å². The largest absolute Gasteiger partial charge is 0.494 e. The van der Waals surface area contributed by atoms with Crippen LogP contribution in [0.1, 0.15) is 31.9 Å². The molecule has 1 amide bonds. The average Bonchev–Trinajstić information content (AvgIpc) is 2.30. The first-order chi connectivity index (χ1) is 8.75. The summed E-state index contributed by atoms with van der Waals surface area (Å²) >= 11 is 0. The maximum atomic E-state index is 12.0. The zero-order valence-electron chi connectivity index (χ0n) is 12.5. The Hall–Kier alpha value is -1.55. The van der Waals surface area contributed by atoms with Crippen molar-refractivity contribution >= 4 is 5.91 Å². The summed E-state index contributed by atoms with van der Waals surface area (Å²) in [6.07, 6.45) is 0. The van der Waals surface area contributed by atoms with E-state index in [0.29, 0.717) is 13.2 Å². The average molecular weight is 264 g/mol. The summed E-state index contributed by atoms with van der Waals surface area (Å²) in [4.78, 5) is 13.6. The highest BCUT2D eigenvalue weighted by atomic mass is 16.5. The minimum Gasteiger partial charge on any atom is -0.494 e. The third-order valence-electron chi connectivity index (χ3n) is 2.86. The number of likely N-dealkylation sites (N-methyl/N-ethyl adjacent to an activating group) is 1. The number of hydrogen-bond acceptors (Lipinski definition) is 3.